The molecule has 3 heterocycles. The first kappa shape index (κ1) is 57.7. The molecule has 2 aromatic carbocycles. The number of amides is 8. The van der Waals surface area contributed by atoms with Crippen LogP contribution >= 0.6 is 0 Å². The molecule has 1 aliphatic rings. The number of aliphatic carboxylic acids is 2. The van der Waals surface area contributed by atoms with E-state index >= 15 is 0 Å². The van der Waals surface area contributed by atoms with Crippen molar-refractivity contribution in [3.05, 3.63) is 90.1 Å². The number of carboxylic acid groups (broad SMARTS) is 2. The summed E-state index contributed by atoms with van der Waals surface area (Å²) in [6.07, 6.45) is 3.49. The number of para-hydroxylation sites is 1. The minimum atomic E-state index is -1.66. The van der Waals surface area contributed by atoms with Crippen molar-refractivity contribution in [2.75, 3.05) is 6.54 Å². The summed E-state index contributed by atoms with van der Waals surface area (Å²) < 4.78 is 0. The maximum atomic E-state index is 14.4. The van der Waals surface area contributed by atoms with Gasteiger partial charge >= 0.3 is 11.9 Å². The molecule has 8 amide bonds. The summed E-state index contributed by atoms with van der Waals surface area (Å²) >= 11 is 0. The van der Waals surface area contributed by atoms with Gasteiger partial charge in [0.05, 0.1) is 25.2 Å². The van der Waals surface area contributed by atoms with Crippen LogP contribution in [-0.2, 0) is 67.2 Å². The van der Waals surface area contributed by atoms with Gasteiger partial charge in [-0.3, -0.25) is 43.2 Å². The van der Waals surface area contributed by atoms with Gasteiger partial charge in [-0.05, 0) is 48.3 Å². The standard InChI is InChI=1S/C51H68N12O12/c1-5-28(4)43(51(74)75)62-48(71)36(19-29-12-7-6-8-13-29)59-45(68)35(18-27(2)3)58-47(70)38(21-31-25-54-26-56-31)60-49(72)40-16-11-17-63(40)50(73)39(23-41(53)64)61-46(69)37(57-44(67)33(52)22-42(65)66)20-30-24-55-34-15-10-9-14-32(30)34/h6-10,12-15,24-28,33,35-40,43,55H,5,11,16-23,52H2,1-4H3,(H2,53,64)(H,54,56)(H,57,67)(H,58,70)(H,59,68)(H,60,72)(H,61,69)(H,62,71)(H,65,66)(H,74,75)/t28-,33-,35-,36-,37-,38-,39-,40+,43-/m1/s1. The largest absolute Gasteiger partial charge is 0.481 e. The van der Waals surface area contributed by atoms with Crippen molar-refractivity contribution in [1.82, 2.24) is 51.8 Å². The number of aromatic nitrogens is 3. The highest BCUT2D eigenvalue weighted by atomic mass is 16.4. The number of nitrogens with one attached hydrogen (secondary N) is 8. The van der Waals surface area contributed by atoms with Crippen molar-refractivity contribution < 1.29 is 58.2 Å². The van der Waals surface area contributed by atoms with E-state index in [1.807, 2.05) is 13.8 Å². The Labute approximate surface area is 432 Å². The molecule has 9 atom stereocenters. The first-order valence-electron chi connectivity index (χ1n) is 24.8. The average Bonchev–Trinajstić information content (AvgIpc) is 4.16. The van der Waals surface area contributed by atoms with Crippen LogP contribution in [0.5, 0.6) is 0 Å². The normalized spacial score (nSPS) is 16.5. The molecule has 404 valence electrons. The third kappa shape index (κ3) is 16.7. The smallest absolute Gasteiger partial charge is 0.326 e. The van der Waals surface area contributed by atoms with E-state index in [2.05, 4.69) is 46.9 Å². The lowest BCUT2D eigenvalue weighted by molar-refractivity contribution is -0.144. The Morgan fingerprint density at radius 3 is 1.95 bits per heavy atom. The van der Waals surface area contributed by atoms with E-state index in [4.69, 9.17) is 11.5 Å². The van der Waals surface area contributed by atoms with Gasteiger partial charge in [0.1, 0.15) is 42.3 Å². The lowest BCUT2D eigenvalue weighted by atomic mass is 9.97. The van der Waals surface area contributed by atoms with Crippen LogP contribution in [0.4, 0.5) is 0 Å². The Bertz CT molecular complexity index is 2660. The third-order valence-electron chi connectivity index (χ3n) is 13.0. The minimum absolute atomic E-state index is 0.0157. The van der Waals surface area contributed by atoms with E-state index in [0.29, 0.717) is 34.1 Å². The lowest BCUT2D eigenvalue weighted by Gasteiger charge is -2.31. The zero-order valence-electron chi connectivity index (χ0n) is 42.3. The molecule has 0 radical (unpaired) electrons. The van der Waals surface area contributed by atoms with Crippen LogP contribution < -0.4 is 43.4 Å². The van der Waals surface area contributed by atoms with E-state index in [-0.39, 0.29) is 51.0 Å². The topological polar surface area (TPSA) is 383 Å². The molecule has 0 spiro atoms. The van der Waals surface area contributed by atoms with Gasteiger partial charge in [-0.1, -0.05) is 82.6 Å². The number of rotatable bonds is 28. The number of carbonyl (C=O) groups is 10. The number of carboxylic acids is 2. The van der Waals surface area contributed by atoms with E-state index in [1.54, 1.807) is 74.6 Å². The number of aromatic amines is 2. The highest BCUT2D eigenvalue weighted by molar-refractivity contribution is 5.99. The van der Waals surface area contributed by atoms with Gasteiger partial charge in [0.25, 0.3) is 0 Å². The fourth-order valence-corrected chi connectivity index (χ4v) is 8.80. The number of hydrogen-bond acceptors (Lipinski definition) is 12. The van der Waals surface area contributed by atoms with Crippen LogP contribution in [-0.4, -0.2) is 144 Å². The Kier molecular flexibility index (Phi) is 21.0. The average molecular weight is 1040 g/mol. The van der Waals surface area contributed by atoms with Gasteiger partial charge in [0.15, 0.2) is 0 Å². The van der Waals surface area contributed by atoms with Crippen molar-refractivity contribution in [1.29, 1.82) is 0 Å². The zero-order chi connectivity index (χ0) is 54.9. The number of nitrogens with zero attached hydrogens (tertiary/aromatic N) is 2. The summed E-state index contributed by atoms with van der Waals surface area (Å²) in [5.74, 6) is -10.1. The van der Waals surface area contributed by atoms with Crippen LogP contribution in [0, 0.1) is 11.8 Å². The fraction of sp³-hybridized carbons (Fsp3) is 0.471. The number of hydrogen-bond donors (Lipinski definition) is 12. The molecule has 24 nitrogen and oxygen atoms in total. The number of primary amides is 1. The van der Waals surface area contributed by atoms with Crippen LogP contribution in [0.15, 0.2) is 73.3 Å². The number of imidazole rings is 1. The van der Waals surface area contributed by atoms with Crippen molar-refractivity contribution in [3.63, 3.8) is 0 Å². The molecule has 0 saturated carbocycles. The summed E-state index contributed by atoms with van der Waals surface area (Å²) in [7, 11) is 0. The lowest BCUT2D eigenvalue weighted by Crippen LogP contribution is -2.61. The van der Waals surface area contributed by atoms with Gasteiger partial charge in [0.2, 0.25) is 47.3 Å². The number of benzene rings is 2. The van der Waals surface area contributed by atoms with Gasteiger partial charge in [-0.2, -0.15) is 0 Å². The molecular weight excluding hydrogens is 973 g/mol. The molecule has 1 fully saturated rings. The molecule has 0 bridgehead atoms. The number of fused-ring (bicyclic) bond motifs is 1. The van der Waals surface area contributed by atoms with Gasteiger partial charge in [-0.25, -0.2) is 9.78 Å². The molecular formula is C51H68N12O12. The molecule has 1 saturated heterocycles. The van der Waals surface area contributed by atoms with Crippen molar-refractivity contribution in [2.24, 2.45) is 23.3 Å². The highest BCUT2D eigenvalue weighted by Gasteiger charge is 2.41. The van der Waals surface area contributed by atoms with Gasteiger partial charge in [0, 0.05) is 54.8 Å². The molecule has 75 heavy (non-hydrogen) atoms. The predicted octanol–water partition coefficient (Wildman–Crippen LogP) is -0.327. The number of likely N-dealkylation sites (tertiary alicyclic amines) is 1. The summed E-state index contributed by atoms with van der Waals surface area (Å²) in [5.41, 5.74) is 13.8. The molecule has 0 unspecified atom stereocenters. The first-order chi connectivity index (χ1) is 35.6. The summed E-state index contributed by atoms with van der Waals surface area (Å²) in [4.78, 5) is 146. The van der Waals surface area contributed by atoms with E-state index in [9.17, 15) is 58.2 Å². The second-order valence-corrected chi connectivity index (χ2v) is 19.2. The number of nitrogens with two attached hydrogens (primary N) is 2. The zero-order valence-corrected chi connectivity index (χ0v) is 42.3. The Morgan fingerprint density at radius 2 is 1.32 bits per heavy atom. The summed E-state index contributed by atoms with van der Waals surface area (Å²) in [6, 6.07) is 4.80. The maximum absolute atomic E-state index is 14.4. The molecule has 1 aliphatic heterocycles. The van der Waals surface area contributed by atoms with Crippen LogP contribution in [0.1, 0.15) is 83.0 Å². The van der Waals surface area contributed by atoms with E-state index in [0.717, 1.165) is 4.90 Å². The van der Waals surface area contributed by atoms with Gasteiger partial charge < -0.3 is 68.4 Å². The Balaban J connectivity index is 1.36. The van der Waals surface area contributed by atoms with Crippen LogP contribution in [0.3, 0.4) is 0 Å². The number of H-pyrrole nitrogens is 2. The SMILES string of the molecule is CC[C@@H](C)[C@@H](NC(=O)[C@@H](Cc1ccccc1)NC(=O)[C@@H](CC(C)C)NC(=O)[C@@H](Cc1cnc[nH]1)NC(=O)[C@@H]1CCCN1C(=O)[C@@H](CC(N)=O)NC(=O)[C@@H](Cc1c[nH]c2ccccc12)NC(=O)[C@H](N)CC(=O)O)C(=O)O. The highest BCUT2D eigenvalue weighted by Crippen LogP contribution is 2.22. The third-order valence-corrected chi connectivity index (χ3v) is 13.0. The van der Waals surface area contributed by atoms with Crippen molar-refractivity contribution in [2.45, 2.75) is 134 Å². The Morgan fingerprint density at radius 1 is 0.720 bits per heavy atom. The molecule has 4 aromatic rings. The molecule has 2 aromatic heterocycles. The maximum Gasteiger partial charge on any atom is 0.326 e. The summed E-state index contributed by atoms with van der Waals surface area (Å²) in [5, 5.41) is 35.6. The predicted molar refractivity (Wildman–Crippen MR) is 271 cm³/mol. The van der Waals surface area contributed by atoms with Crippen molar-refractivity contribution >= 4 is 70.1 Å². The van der Waals surface area contributed by atoms with E-state index in [1.165, 1.54) is 12.5 Å². The molecule has 14 N–H and O–H groups in total. The van der Waals surface area contributed by atoms with E-state index < -0.39 is 126 Å². The molecule has 5 rings (SSSR count). The van der Waals surface area contributed by atoms with Gasteiger partial charge in [-0.15, -0.1) is 0 Å². The molecule has 24 heteroatoms. The second-order valence-electron chi connectivity index (χ2n) is 19.2. The second kappa shape index (κ2) is 27.2. The number of carbonyl (C=O) groups excluding carboxylic acids is 8. The monoisotopic (exact) mass is 1040 g/mol. The quantitative estimate of drug-likeness (QED) is 0.0347. The van der Waals surface area contributed by atoms with Crippen molar-refractivity contribution in [3.8, 4) is 0 Å². The Hall–Kier alpha value is -8.15. The van der Waals surface area contributed by atoms with Crippen LogP contribution in [0.2, 0.25) is 0 Å². The van der Waals surface area contributed by atoms with Crippen LogP contribution in [0.25, 0.3) is 10.9 Å². The first-order valence-corrected chi connectivity index (χ1v) is 24.8. The minimum Gasteiger partial charge on any atom is -0.481 e. The molecule has 0 aliphatic carbocycles. The summed E-state index contributed by atoms with van der Waals surface area (Å²) in [6.45, 7) is 7.07. The fourth-order valence-electron chi connectivity index (χ4n) is 8.80.